The number of halogens is 3. The summed E-state index contributed by atoms with van der Waals surface area (Å²) in [7, 11) is -4.69. The molecule has 0 aromatic heterocycles. The van der Waals surface area contributed by atoms with Crippen LogP contribution in [-0.2, 0) is 0 Å². The predicted octanol–water partition coefficient (Wildman–Crippen LogP) is -2.70. The average molecular weight is 185 g/mol. The van der Waals surface area contributed by atoms with Gasteiger partial charge >= 0.3 is 0 Å². The lowest BCUT2D eigenvalue weighted by Gasteiger charge is -2.03. The summed E-state index contributed by atoms with van der Waals surface area (Å²) in [4.78, 5) is 0. The summed E-state index contributed by atoms with van der Waals surface area (Å²) >= 11 is 9.53. The fourth-order valence-corrected chi connectivity index (χ4v) is 0. The van der Waals surface area contributed by atoms with Gasteiger partial charge in [0.15, 0.2) is 0 Å². The molecule has 0 aromatic rings. The standard InChI is InChI=1S/CH2Cl2.ClHO4/c2-1-3;2-1(3,4)5/h1H2;(H,2,3,4,5). The summed E-state index contributed by atoms with van der Waals surface area (Å²) in [5, 5.41) is 0.194. The van der Waals surface area contributed by atoms with Gasteiger partial charge in [0.05, 0.1) is 20.2 Å². The van der Waals surface area contributed by atoms with Gasteiger partial charge in [0.2, 0.25) is 0 Å². The molecule has 0 atom stereocenters. The summed E-state index contributed by atoms with van der Waals surface area (Å²) in [6, 6.07) is 0. The smallest absolute Gasteiger partial charge is 0.0967 e. The van der Waals surface area contributed by atoms with E-state index in [2.05, 4.69) is 0 Å². The fourth-order valence-electron chi connectivity index (χ4n) is 0. The second-order valence-electron chi connectivity index (χ2n) is 0.497. The van der Waals surface area contributed by atoms with Crippen LogP contribution in [0.4, 0.5) is 0 Å². The molecular weight excluding hydrogens is 182 g/mol. The van der Waals surface area contributed by atoms with E-state index >= 15 is 0 Å². The van der Waals surface area contributed by atoms with Crippen LogP contribution in [0, 0.1) is 10.2 Å². The van der Waals surface area contributed by atoms with Gasteiger partial charge in [-0.1, -0.05) is 0 Å². The van der Waals surface area contributed by atoms with Crippen LogP contribution in [-0.4, -0.2) is 10.00 Å². The summed E-state index contributed by atoms with van der Waals surface area (Å²) in [5.74, 6) is 0. The van der Waals surface area contributed by atoms with E-state index in [1.807, 2.05) is 0 Å². The molecule has 0 spiro atoms. The van der Waals surface area contributed by atoms with Crippen molar-refractivity contribution in [3.8, 4) is 0 Å². The second-order valence-corrected chi connectivity index (χ2v) is 2.10. The normalized spacial score (nSPS) is 9.75. The van der Waals surface area contributed by atoms with Crippen LogP contribution < -0.4 is 14.0 Å². The van der Waals surface area contributed by atoms with Crippen LogP contribution in [0.1, 0.15) is 0 Å². The quantitative estimate of drug-likeness (QED) is 0.416. The minimum absolute atomic E-state index is 0.194. The van der Waals surface area contributed by atoms with E-state index in [9.17, 15) is 0 Å². The molecule has 0 saturated heterocycles. The first-order valence-electron chi connectivity index (χ1n) is 1.17. The maximum atomic E-state index is 8.60. The molecule has 0 amide bonds. The van der Waals surface area contributed by atoms with E-state index in [0.717, 1.165) is 0 Å². The molecule has 0 aromatic carbocycles. The monoisotopic (exact) mass is 184 g/mol. The third-order valence-corrected chi connectivity index (χ3v) is 0. The highest BCUT2D eigenvalue weighted by Gasteiger charge is 1.98. The number of alkyl halides is 2. The number of hydrogen-bond donors (Lipinski definition) is 1. The Hall–Kier alpha value is 0.710. The summed E-state index contributed by atoms with van der Waals surface area (Å²) < 4.78 is 32.7. The van der Waals surface area contributed by atoms with Gasteiger partial charge in [-0.3, -0.25) is 0 Å². The molecule has 1 N–H and O–H groups in total. The third-order valence-electron chi connectivity index (χ3n) is 0. The molecule has 52 valence electrons. The lowest BCUT2D eigenvalue weighted by atomic mass is 11.9. The van der Waals surface area contributed by atoms with E-state index in [1.165, 1.54) is 0 Å². The van der Waals surface area contributed by atoms with Crippen LogP contribution >= 0.6 is 23.2 Å². The van der Waals surface area contributed by atoms with Crippen molar-refractivity contribution in [3.05, 3.63) is 0 Å². The summed E-state index contributed by atoms with van der Waals surface area (Å²) in [5.41, 5.74) is 0. The zero-order valence-electron chi connectivity index (χ0n) is 3.51. The molecule has 0 aliphatic rings. The Labute approximate surface area is 58.0 Å². The molecule has 0 heterocycles. The Kier molecular flexibility index (Phi) is 8.39. The molecule has 0 aliphatic carbocycles. The first-order chi connectivity index (χ1) is 3.41. The Morgan fingerprint density at radius 3 is 1.25 bits per heavy atom. The van der Waals surface area contributed by atoms with Crippen molar-refractivity contribution in [3.63, 3.8) is 0 Å². The molecule has 0 radical (unpaired) electrons. The molecule has 4 nitrogen and oxygen atoms in total. The van der Waals surface area contributed by atoms with Crippen molar-refractivity contribution in [2.45, 2.75) is 0 Å². The number of rotatable bonds is 0. The van der Waals surface area contributed by atoms with Gasteiger partial charge in [0.25, 0.3) is 0 Å². The van der Waals surface area contributed by atoms with Gasteiger partial charge in [0, 0.05) is 0 Å². The molecule has 0 saturated carbocycles. The minimum Gasteiger partial charge on any atom is -0.183 e. The fraction of sp³-hybridized carbons (Fsp3) is 1.00. The third kappa shape index (κ3) is 434. The lowest BCUT2D eigenvalue weighted by Crippen LogP contribution is -2.58. The van der Waals surface area contributed by atoms with Gasteiger partial charge in [-0.25, -0.2) is 0 Å². The molecule has 8 heavy (non-hydrogen) atoms. The van der Waals surface area contributed by atoms with Crippen molar-refractivity contribution < 1.29 is 28.9 Å². The molecule has 0 bridgehead atoms. The van der Waals surface area contributed by atoms with E-state index in [-0.39, 0.29) is 5.34 Å². The lowest BCUT2D eigenvalue weighted by molar-refractivity contribution is -1.92. The Morgan fingerprint density at radius 1 is 1.25 bits per heavy atom. The van der Waals surface area contributed by atoms with Crippen LogP contribution in [0.25, 0.3) is 0 Å². The van der Waals surface area contributed by atoms with Crippen molar-refractivity contribution in [1.29, 1.82) is 0 Å². The van der Waals surface area contributed by atoms with Crippen molar-refractivity contribution in [1.82, 2.24) is 0 Å². The van der Waals surface area contributed by atoms with E-state index < -0.39 is 10.2 Å². The van der Waals surface area contributed by atoms with Gasteiger partial charge in [-0.05, 0) is 0 Å². The highest BCUT2D eigenvalue weighted by atomic mass is 35.7. The van der Waals surface area contributed by atoms with Crippen LogP contribution in [0.3, 0.4) is 0 Å². The molecule has 7 heteroatoms. The van der Waals surface area contributed by atoms with Crippen LogP contribution in [0.2, 0.25) is 0 Å². The van der Waals surface area contributed by atoms with Gasteiger partial charge < -0.3 is 0 Å². The topological polar surface area (TPSA) is 89.4 Å². The Morgan fingerprint density at radius 2 is 1.25 bits per heavy atom. The van der Waals surface area contributed by atoms with Crippen molar-refractivity contribution in [2.75, 3.05) is 5.34 Å². The van der Waals surface area contributed by atoms with Crippen LogP contribution in [0.15, 0.2) is 0 Å². The molecule has 0 rings (SSSR count). The molecule has 0 fully saturated rings. The minimum atomic E-state index is -4.69. The predicted molar refractivity (Wildman–Crippen MR) is 18.8 cm³/mol. The van der Waals surface area contributed by atoms with E-state index in [4.69, 9.17) is 41.8 Å². The van der Waals surface area contributed by atoms with Crippen molar-refractivity contribution in [2.24, 2.45) is 0 Å². The largest absolute Gasteiger partial charge is 0.183 e. The molecular formula is CH3Cl3O4. The van der Waals surface area contributed by atoms with E-state index in [1.54, 1.807) is 0 Å². The van der Waals surface area contributed by atoms with Gasteiger partial charge in [0.1, 0.15) is 0 Å². The highest BCUT2D eigenvalue weighted by Crippen LogP contribution is 1.73. The second kappa shape index (κ2) is 5.84. The SMILES string of the molecule is ClCCl.[O-][Cl+3]([O-])([O-])O. The zero-order valence-corrected chi connectivity index (χ0v) is 5.78. The van der Waals surface area contributed by atoms with E-state index in [0.29, 0.717) is 0 Å². The maximum absolute atomic E-state index is 8.60. The average Bonchev–Trinajstić information content (AvgIpc) is 1.27. The molecule has 0 unspecified atom stereocenters. The first-order valence-corrected chi connectivity index (χ1v) is 3.50. The van der Waals surface area contributed by atoms with Crippen molar-refractivity contribution >= 4 is 23.2 Å². The summed E-state index contributed by atoms with van der Waals surface area (Å²) in [6.45, 7) is 0. The highest BCUT2D eigenvalue weighted by molar-refractivity contribution is 6.40. The molecule has 0 aliphatic heterocycles. The Bertz CT molecular complexity index is 35.0. The zero-order chi connectivity index (χ0) is 7.21. The first kappa shape index (κ1) is 11.5. The van der Waals surface area contributed by atoms with Crippen LogP contribution in [0.5, 0.6) is 0 Å². The summed E-state index contributed by atoms with van der Waals surface area (Å²) in [6.07, 6.45) is 0. The maximum Gasteiger partial charge on any atom is 0.0967 e. The number of hydrogen-bond acceptors (Lipinski definition) is 4. The Balaban J connectivity index is 0. The van der Waals surface area contributed by atoms with Gasteiger partial charge in [-0.2, -0.15) is 14.0 Å². The van der Waals surface area contributed by atoms with Gasteiger partial charge in [-0.15, -0.1) is 23.2 Å².